The summed E-state index contributed by atoms with van der Waals surface area (Å²) in [5.41, 5.74) is 0. The van der Waals surface area contributed by atoms with Gasteiger partial charge in [-0.25, -0.2) is 0 Å². The van der Waals surface area contributed by atoms with E-state index in [-0.39, 0.29) is 13.1 Å². The van der Waals surface area contributed by atoms with Crippen LogP contribution in [0.4, 0.5) is 26.3 Å². The summed E-state index contributed by atoms with van der Waals surface area (Å²) < 4.78 is 71.3. The van der Waals surface area contributed by atoms with Crippen molar-refractivity contribution < 1.29 is 36.6 Å². The van der Waals surface area contributed by atoms with Crippen LogP contribution in [-0.4, -0.2) is 61.0 Å². The average Bonchev–Trinajstić information content (AvgIpc) is 2.29. The van der Waals surface area contributed by atoms with Gasteiger partial charge in [-0.1, -0.05) is 0 Å². The van der Waals surface area contributed by atoms with Crippen LogP contribution < -0.4 is 10.6 Å². The summed E-state index contributed by atoms with van der Waals surface area (Å²) in [5, 5.41) is 22.0. The molecular formula is C10H18F6N2O2. The molecule has 10 heteroatoms. The molecule has 0 amide bonds. The van der Waals surface area contributed by atoms with Crippen LogP contribution in [0.2, 0.25) is 0 Å². The van der Waals surface area contributed by atoms with Crippen LogP contribution in [0.25, 0.3) is 0 Å². The average molecular weight is 312 g/mol. The second-order valence-corrected chi connectivity index (χ2v) is 4.23. The molecule has 0 aliphatic heterocycles. The first-order valence-electron chi connectivity index (χ1n) is 5.96. The molecular weight excluding hydrogens is 294 g/mol. The van der Waals surface area contributed by atoms with Gasteiger partial charge in [0.1, 0.15) is 0 Å². The van der Waals surface area contributed by atoms with E-state index in [9.17, 15) is 26.3 Å². The van der Waals surface area contributed by atoms with E-state index in [1.54, 1.807) is 0 Å². The summed E-state index contributed by atoms with van der Waals surface area (Å²) in [6.07, 6.45) is -13.3. The number of aliphatic hydroxyl groups is 2. The van der Waals surface area contributed by atoms with Crippen molar-refractivity contribution in [1.82, 2.24) is 10.6 Å². The molecule has 0 aliphatic rings. The minimum Gasteiger partial charge on any atom is -0.382 e. The van der Waals surface area contributed by atoms with Gasteiger partial charge < -0.3 is 20.8 Å². The highest BCUT2D eigenvalue weighted by Crippen LogP contribution is 2.19. The lowest BCUT2D eigenvalue weighted by molar-refractivity contribution is -0.202. The number of halogens is 6. The molecule has 0 rings (SSSR count). The lowest BCUT2D eigenvalue weighted by Gasteiger charge is -2.15. The smallest absolute Gasteiger partial charge is 0.382 e. The second kappa shape index (κ2) is 8.65. The number of aliphatic hydroxyl groups excluding tert-OH is 2. The predicted octanol–water partition coefficient (Wildman–Crippen LogP) is 0.792. The molecule has 4 N–H and O–H groups in total. The Bertz CT molecular complexity index is 233. The molecule has 20 heavy (non-hydrogen) atoms. The topological polar surface area (TPSA) is 64.5 Å². The van der Waals surface area contributed by atoms with Gasteiger partial charge in [0.05, 0.1) is 0 Å². The molecule has 0 unspecified atom stereocenters. The van der Waals surface area contributed by atoms with Gasteiger partial charge in [-0.05, 0) is 25.9 Å². The van der Waals surface area contributed by atoms with Crippen molar-refractivity contribution in [3.05, 3.63) is 0 Å². The summed E-state index contributed by atoms with van der Waals surface area (Å²) in [7, 11) is 0. The van der Waals surface area contributed by atoms with Crippen molar-refractivity contribution in [1.29, 1.82) is 0 Å². The first-order chi connectivity index (χ1) is 9.05. The molecule has 0 aromatic rings. The Labute approximate surface area is 112 Å². The third kappa shape index (κ3) is 9.34. The Balaban J connectivity index is 3.42. The first kappa shape index (κ1) is 19.4. The first-order valence-corrected chi connectivity index (χ1v) is 5.96. The Kier molecular flexibility index (Phi) is 8.40. The second-order valence-electron chi connectivity index (χ2n) is 4.23. The van der Waals surface area contributed by atoms with E-state index in [1.807, 2.05) is 0 Å². The predicted molar refractivity (Wildman–Crippen MR) is 59.1 cm³/mol. The molecule has 2 atom stereocenters. The zero-order valence-electron chi connectivity index (χ0n) is 10.6. The summed E-state index contributed by atoms with van der Waals surface area (Å²) in [6, 6.07) is 0. The van der Waals surface area contributed by atoms with Crippen molar-refractivity contribution in [2.24, 2.45) is 0 Å². The maximum absolute atomic E-state index is 11.9. The number of hydrogen-bond acceptors (Lipinski definition) is 4. The fourth-order valence-corrected chi connectivity index (χ4v) is 1.21. The molecule has 0 spiro atoms. The summed E-state index contributed by atoms with van der Waals surface area (Å²) in [5.74, 6) is 0. The zero-order chi connectivity index (χ0) is 15.8. The van der Waals surface area contributed by atoms with E-state index in [0.717, 1.165) is 0 Å². The van der Waals surface area contributed by atoms with Crippen LogP contribution in [0.15, 0.2) is 0 Å². The highest BCUT2D eigenvalue weighted by Gasteiger charge is 2.38. The lowest BCUT2D eigenvalue weighted by atomic mass is 10.2. The van der Waals surface area contributed by atoms with Gasteiger partial charge in [0, 0.05) is 13.1 Å². The molecule has 0 saturated carbocycles. The van der Waals surface area contributed by atoms with E-state index in [4.69, 9.17) is 10.2 Å². The Morgan fingerprint density at radius 2 is 1.00 bits per heavy atom. The molecule has 0 aliphatic carbocycles. The molecule has 4 nitrogen and oxygen atoms in total. The number of unbranched alkanes of at least 4 members (excludes halogenated alkanes) is 1. The van der Waals surface area contributed by atoms with E-state index in [2.05, 4.69) is 10.6 Å². The maximum atomic E-state index is 11.9. The summed E-state index contributed by atoms with van der Waals surface area (Å²) >= 11 is 0. The van der Waals surface area contributed by atoms with Gasteiger partial charge in [-0.15, -0.1) is 0 Å². The fraction of sp³-hybridized carbons (Fsp3) is 1.00. The number of hydrogen-bond donors (Lipinski definition) is 4. The third-order valence-electron chi connectivity index (χ3n) is 2.39. The Morgan fingerprint density at radius 3 is 1.25 bits per heavy atom. The monoisotopic (exact) mass is 312 g/mol. The molecule has 0 fully saturated rings. The fourth-order valence-electron chi connectivity index (χ4n) is 1.21. The molecule has 0 aromatic heterocycles. The van der Waals surface area contributed by atoms with Gasteiger partial charge in [-0.2, -0.15) is 26.3 Å². The van der Waals surface area contributed by atoms with Crippen molar-refractivity contribution in [2.75, 3.05) is 26.2 Å². The minimum absolute atomic E-state index is 0.205. The molecule has 0 saturated heterocycles. The lowest BCUT2D eigenvalue weighted by Crippen LogP contribution is -2.39. The third-order valence-corrected chi connectivity index (χ3v) is 2.39. The molecule has 0 heterocycles. The van der Waals surface area contributed by atoms with Crippen LogP contribution in [0, 0.1) is 0 Å². The van der Waals surface area contributed by atoms with Crippen LogP contribution in [0.1, 0.15) is 12.8 Å². The Hall–Kier alpha value is -0.580. The van der Waals surface area contributed by atoms with Gasteiger partial charge in [0.2, 0.25) is 0 Å². The van der Waals surface area contributed by atoms with E-state index in [1.165, 1.54) is 0 Å². The summed E-state index contributed by atoms with van der Waals surface area (Å²) in [6.45, 7) is -0.833. The van der Waals surface area contributed by atoms with Gasteiger partial charge in [0.25, 0.3) is 0 Å². The van der Waals surface area contributed by atoms with Gasteiger partial charge in [0.15, 0.2) is 12.2 Å². The number of alkyl halides is 6. The standard InChI is InChI=1S/C10H18F6N2O2/c11-9(12,13)7(19)5-17-3-1-2-4-18-6-8(20)10(14,15)16/h7-8,17-20H,1-6H2/t7-,8-/m1/s1. The number of nitrogens with one attached hydrogen (secondary N) is 2. The van der Waals surface area contributed by atoms with Crippen molar-refractivity contribution in [2.45, 2.75) is 37.4 Å². The van der Waals surface area contributed by atoms with Crippen LogP contribution in [0.5, 0.6) is 0 Å². The minimum atomic E-state index is -4.66. The van der Waals surface area contributed by atoms with E-state index in [0.29, 0.717) is 12.8 Å². The van der Waals surface area contributed by atoms with Gasteiger partial charge in [-0.3, -0.25) is 0 Å². The van der Waals surface area contributed by atoms with E-state index < -0.39 is 37.7 Å². The highest BCUT2D eigenvalue weighted by molar-refractivity contribution is 4.69. The SMILES string of the molecule is O[C@H](CNCCCCNC[C@@H](O)C(F)(F)F)C(F)(F)F. The zero-order valence-corrected chi connectivity index (χ0v) is 10.6. The largest absolute Gasteiger partial charge is 0.415 e. The Morgan fingerprint density at radius 1 is 0.700 bits per heavy atom. The van der Waals surface area contributed by atoms with Crippen molar-refractivity contribution in [3.63, 3.8) is 0 Å². The van der Waals surface area contributed by atoms with Crippen molar-refractivity contribution in [3.8, 4) is 0 Å². The van der Waals surface area contributed by atoms with Crippen LogP contribution >= 0.6 is 0 Å². The maximum Gasteiger partial charge on any atom is 0.415 e. The molecule has 122 valence electrons. The number of rotatable bonds is 9. The molecule has 0 radical (unpaired) electrons. The van der Waals surface area contributed by atoms with Crippen molar-refractivity contribution >= 4 is 0 Å². The van der Waals surface area contributed by atoms with Crippen LogP contribution in [-0.2, 0) is 0 Å². The molecule has 0 aromatic carbocycles. The molecule has 0 bridgehead atoms. The van der Waals surface area contributed by atoms with E-state index >= 15 is 0 Å². The van der Waals surface area contributed by atoms with Gasteiger partial charge >= 0.3 is 12.4 Å². The van der Waals surface area contributed by atoms with Crippen LogP contribution in [0.3, 0.4) is 0 Å². The normalized spacial score (nSPS) is 16.2. The summed E-state index contributed by atoms with van der Waals surface area (Å²) in [4.78, 5) is 0. The highest BCUT2D eigenvalue weighted by atomic mass is 19.4. The quantitative estimate of drug-likeness (QED) is 0.375.